The van der Waals surface area contributed by atoms with Crippen LogP contribution in [0.4, 0.5) is 0 Å². The zero-order valence-corrected chi connectivity index (χ0v) is 25.3. The molecule has 3 aromatic carbocycles. The summed E-state index contributed by atoms with van der Waals surface area (Å²) >= 11 is 0. The van der Waals surface area contributed by atoms with E-state index in [1.807, 2.05) is 58.9 Å². The van der Waals surface area contributed by atoms with Gasteiger partial charge in [0.25, 0.3) is 5.91 Å². The van der Waals surface area contributed by atoms with Gasteiger partial charge in [0.05, 0.1) is 38.4 Å². The molecule has 1 N–H and O–H groups in total. The van der Waals surface area contributed by atoms with E-state index in [4.69, 9.17) is 19.2 Å². The lowest BCUT2D eigenvalue weighted by atomic mass is 9.93. The zero-order chi connectivity index (χ0) is 30.3. The molecule has 2 amide bonds. The summed E-state index contributed by atoms with van der Waals surface area (Å²) in [6, 6.07) is 20.9. The fourth-order valence-electron chi connectivity index (χ4n) is 5.97. The van der Waals surface area contributed by atoms with E-state index in [1.54, 1.807) is 12.1 Å². The van der Waals surface area contributed by atoms with Crippen molar-refractivity contribution < 1.29 is 23.8 Å². The summed E-state index contributed by atoms with van der Waals surface area (Å²) in [6.45, 7) is 2.57. The summed E-state index contributed by atoms with van der Waals surface area (Å²) in [4.78, 5) is 34.5. The standard InChI is InChI=1S/C34H40N4O5/c1-23(35-34(40)25-19-29(41-2)32(43-4)30(20-25)42-3)33-36-27-17-11-12-18-28(27)38(33)22-31(39)37(26-15-9-6-10-16-26)21-24-13-7-5-8-14-24/h5,7-8,11-14,17-20,23,26H,6,9-10,15-16,21-22H2,1-4H3,(H,35,40). The molecule has 0 saturated heterocycles. The lowest BCUT2D eigenvalue weighted by molar-refractivity contribution is -0.135. The quantitative estimate of drug-likeness (QED) is 0.235. The van der Waals surface area contributed by atoms with Crippen molar-refractivity contribution in [1.29, 1.82) is 0 Å². The third-order valence-electron chi connectivity index (χ3n) is 8.17. The Kier molecular flexibility index (Phi) is 9.49. The molecule has 0 bridgehead atoms. The van der Waals surface area contributed by atoms with Crippen LogP contribution < -0.4 is 19.5 Å². The van der Waals surface area contributed by atoms with Gasteiger partial charge in [0.1, 0.15) is 12.4 Å². The molecule has 9 heteroatoms. The molecule has 1 aliphatic rings. The van der Waals surface area contributed by atoms with Gasteiger partial charge >= 0.3 is 0 Å². The van der Waals surface area contributed by atoms with Crippen molar-refractivity contribution in [3.63, 3.8) is 0 Å². The first-order chi connectivity index (χ1) is 20.9. The molecule has 4 aromatic rings. The summed E-state index contributed by atoms with van der Waals surface area (Å²) in [5.41, 5.74) is 3.09. The lowest BCUT2D eigenvalue weighted by Crippen LogP contribution is -2.43. The van der Waals surface area contributed by atoms with Crippen molar-refractivity contribution in [3.05, 3.63) is 83.7 Å². The van der Waals surface area contributed by atoms with Gasteiger partial charge in [-0.2, -0.15) is 0 Å². The Morgan fingerprint density at radius 3 is 2.23 bits per heavy atom. The minimum absolute atomic E-state index is 0.0447. The Bertz CT molecular complexity index is 1540. The fraction of sp³-hybridized carbons (Fsp3) is 0.382. The zero-order valence-electron chi connectivity index (χ0n) is 25.3. The van der Waals surface area contributed by atoms with Crippen LogP contribution in [0.3, 0.4) is 0 Å². The first-order valence-electron chi connectivity index (χ1n) is 14.8. The number of aromatic nitrogens is 2. The third-order valence-corrected chi connectivity index (χ3v) is 8.17. The SMILES string of the molecule is COc1cc(C(=O)NC(C)c2nc3ccccc3n2CC(=O)N(Cc2ccccc2)C2CCCCC2)cc(OC)c1OC. The van der Waals surface area contributed by atoms with Gasteiger partial charge in [0.2, 0.25) is 11.7 Å². The minimum atomic E-state index is -0.496. The highest BCUT2D eigenvalue weighted by atomic mass is 16.5. The van der Waals surface area contributed by atoms with Crippen LogP contribution in [0.1, 0.15) is 66.8 Å². The number of para-hydroxylation sites is 2. The van der Waals surface area contributed by atoms with Crippen LogP contribution >= 0.6 is 0 Å². The number of hydrogen-bond acceptors (Lipinski definition) is 6. The van der Waals surface area contributed by atoms with Crippen LogP contribution in [-0.2, 0) is 17.9 Å². The highest BCUT2D eigenvalue weighted by Crippen LogP contribution is 2.38. The molecule has 1 atom stereocenters. The van der Waals surface area contributed by atoms with Crippen LogP contribution in [0.15, 0.2) is 66.7 Å². The number of rotatable bonds is 11. The maximum absolute atomic E-state index is 14.1. The number of amides is 2. The van der Waals surface area contributed by atoms with Gasteiger partial charge in [-0.1, -0.05) is 61.7 Å². The van der Waals surface area contributed by atoms with Gasteiger partial charge in [0.15, 0.2) is 11.5 Å². The molecule has 9 nitrogen and oxygen atoms in total. The number of nitrogens with one attached hydrogen (secondary N) is 1. The minimum Gasteiger partial charge on any atom is -0.493 e. The molecule has 1 fully saturated rings. The first-order valence-corrected chi connectivity index (χ1v) is 14.8. The van der Waals surface area contributed by atoms with Crippen molar-refractivity contribution in [3.8, 4) is 17.2 Å². The monoisotopic (exact) mass is 584 g/mol. The van der Waals surface area contributed by atoms with Gasteiger partial charge in [-0.3, -0.25) is 9.59 Å². The highest BCUT2D eigenvalue weighted by Gasteiger charge is 2.28. The van der Waals surface area contributed by atoms with Crippen LogP contribution in [0.2, 0.25) is 0 Å². The summed E-state index contributed by atoms with van der Waals surface area (Å²) in [7, 11) is 4.54. The second kappa shape index (κ2) is 13.6. The molecule has 1 saturated carbocycles. The molecule has 0 radical (unpaired) electrons. The smallest absolute Gasteiger partial charge is 0.252 e. The number of benzene rings is 3. The summed E-state index contributed by atoms with van der Waals surface area (Å²) in [6.07, 6.45) is 5.50. The third kappa shape index (κ3) is 6.61. The second-order valence-corrected chi connectivity index (χ2v) is 11.0. The average molecular weight is 585 g/mol. The number of imidazole rings is 1. The lowest BCUT2D eigenvalue weighted by Gasteiger charge is -2.35. The van der Waals surface area contributed by atoms with E-state index in [9.17, 15) is 9.59 Å². The Labute approximate surface area is 252 Å². The molecule has 0 spiro atoms. The van der Waals surface area contributed by atoms with Crippen molar-refractivity contribution >= 4 is 22.8 Å². The van der Waals surface area contributed by atoms with Crippen LogP contribution in [0.5, 0.6) is 17.2 Å². The summed E-state index contributed by atoms with van der Waals surface area (Å²) in [5.74, 6) is 1.51. The van der Waals surface area contributed by atoms with Crippen LogP contribution in [0, 0.1) is 0 Å². The second-order valence-electron chi connectivity index (χ2n) is 11.0. The number of nitrogens with zero attached hydrogens (tertiary/aromatic N) is 3. The van der Waals surface area contributed by atoms with Crippen molar-refractivity contribution in [2.45, 2.75) is 64.2 Å². The average Bonchev–Trinajstić information content (AvgIpc) is 3.41. The molecule has 1 aromatic heterocycles. The first kappa shape index (κ1) is 29.9. The normalized spacial score (nSPS) is 14.2. The molecule has 1 aliphatic carbocycles. The van der Waals surface area contributed by atoms with Gasteiger partial charge in [-0.05, 0) is 49.6 Å². The molecule has 43 heavy (non-hydrogen) atoms. The Morgan fingerprint density at radius 2 is 1.58 bits per heavy atom. The van der Waals surface area contributed by atoms with E-state index in [1.165, 1.54) is 27.8 Å². The predicted molar refractivity (Wildman–Crippen MR) is 166 cm³/mol. The van der Waals surface area contributed by atoms with Crippen molar-refractivity contribution in [1.82, 2.24) is 19.8 Å². The molecule has 0 aliphatic heterocycles. The Morgan fingerprint density at radius 1 is 0.930 bits per heavy atom. The van der Waals surface area contributed by atoms with E-state index in [0.717, 1.165) is 42.3 Å². The number of hydrogen-bond donors (Lipinski definition) is 1. The molecule has 5 rings (SSSR count). The van der Waals surface area contributed by atoms with E-state index < -0.39 is 6.04 Å². The maximum atomic E-state index is 14.1. The van der Waals surface area contributed by atoms with Gasteiger partial charge in [-0.15, -0.1) is 0 Å². The number of carbonyl (C=O) groups excluding carboxylic acids is 2. The number of methoxy groups -OCH3 is 3. The number of carbonyl (C=O) groups is 2. The molecular weight excluding hydrogens is 544 g/mol. The van der Waals surface area contributed by atoms with E-state index >= 15 is 0 Å². The molecular formula is C34H40N4O5. The highest BCUT2D eigenvalue weighted by molar-refractivity contribution is 5.96. The molecule has 1 heterocycles. The molecule has 226 valence electrons. The van der Waals surface area contributed by atoms with Gasteiger partial charge in [-0.25, -0.2) is 4.98 Å². The Hall–Kier alpha value is -4.53. The topological polar surface area (TPSA) is 94.9 Å². The van der Waals surface area contributed by atoms with E-state index in [2.05, 4.69) is 17.4 Å². The maximum Gasteiger partial charge on any atom is 0.252 e. The Balaban J connectivity index is 1.43. The van der Waals surface area contributed by atoms with Crippen molar-refractivity contribution in [2.75, 3.05) is 21.3 Å². The van der Waals surface area contributed by atoms with Crippen LogP contribution in [-0.4, -0.2) is 53.6 Å². The fourth-order valence-corrected chi connectivity index (χ4v) is 5.97. The van der Waals surface area contributed by atoms with Crippen molar-refractivity contribution in [2.24, 2.45) is 0 Å². The van der Waals surface area contributed by atoms with Gasteiger partial charge < -0.3 is 29.0 Å². The summed E-state index contributed by atoms with van der Waals surface area (Å²) < 4.78 is 18.2. The predicted octanol–water partition coefficient (Wildman–Crippen LogP) is 5.91. The number of fused-ring (bicyclic) bond motifs is 1. The van der Waals surface area contributed by atoms with E-state index in [-0.39, 0.29) is 24.4 Å². The number of ether oxygens (including phenoxy) is 3. The van der Waals surface area contributed by atoms with Crippen LogP contribution in [0.25, 0.3) is 11.0 Å². The van der Waals surface area contributed by atoms with Gasteiger partial charge in [0, 0.05) is 18.2 Å². The van der Waals surface area contributed by atoms with E-state index in [0.29, 0.717) is 35.2 Å². The summed E-state index contributed by atoms with van der Waals surface area (Å²) in [5, 5.41) is 3.06. The molecule has 1 unspecified atom stereocenters. The largest absolute Gasteiger partial charge is 0.493 e.